The van der Waals surface area contributed by atoms with Crippen molar-refractivity contribution in [1.82, 2.24) is 4.90 Å². The smallest absolute Gasteiger partial charge is 0.264 e. The van der Waals surface area contributed by atoms with Gasteiger partial charge in [0, 0.05) is 11.4 Å². The predicted octanol–water partition coefficient (Wildman–Crippen LogP) is 1.60. The summed E-state index contributed by atoms with van der Waals surface area (Å²) < 4.78 is 5.25. The van der Waals surface area contributed by atoms with Gasteiger partial charge in [0.25, 0.3) is 5.91 Å². The second-order valence-electron chi connectivity index (χ2n) is 4.65. The summed E-state index contributed by atoms with van der Waals surface area (Å²) in [6.45, 7) is 1.42. The first-order valence-electron chi connectivity index (χ1n) is 6.20. The van der Waals surface area contributed by atoms with Crippen molar-refractivity contribution < 1.29 is 9.53 Å². The number of nitriles is 1. The Kier molecular flexibility index (Phi) is 3.06. The van der Waals surface area contributed by atoms with Gasteiger partial charge in [-0.2, -0.15) is 5.26 Å². The fraction of sp³-hybridized carbons (Fsp3) is 0.538. The maximum absolute atomic E-state index is 12.3. The van der Waals surface area contributed by atoms with Crippen LogP contribution in [0, 0.1) is 11.3 Å². The molecule has 3 rings (SSSR count). The van der Waals surface area contributed by atoms with E-state index < -0.39 is 6.10 Å². The number of morpholine rings is 1. The molecule has 1 saturated heterocycles. The third-order valence-corrected chi connectivity index (χ3v) is 4.68. The Hall–Kier alpha value is -1.38. The van der Waals surface area contributed by atoms with Crippen LogP contribution in [0.1, 0.15) is 26.5 Å². The number of amides is 1. The molecule has 18 heavy (non-hydrogen) atoms. The van der Waals surface area contributed by atoms with E-state index in [4.69, 9.17) is 10.00 Å². The van der Waals surface area contributed by atoms with Crippen molar-refractivity contribution >= 4 is 17.2 Å². The number of nitrogens with zero attached hydrogens (tertiary/aromatic N) is 2. The van der Waals surface area contributed by atoms with Gasteiger partial charge in [0.2, 0.25) is 0 Å². The van der Waals surface area contributed by atoms with Gasteiger partial charge in [-0.05, 0) is 30.9 Å². The molecule has 2 heterocycles. The highest BCUT2D eigenvalue weighted by Gasteiger charge is 2.27. The Balaban J connectivity index is 1.75. The van der Waals surface area contributed by atoms with Gasteiger partial charge in [0.15, 0.2) is 6.10 Å². The largest absolute Gasteiger partial charge is 0.360 e. The molecule has 1 amide bonds. The standard InChI is InChI=1S/C13H14N2O2S/c14-7-10-8-15(4-5-17-10)13(16)12-6-9-2-1-3-11(9)18-12/h6,10H,1-5,8H2. The molecule has 5 heteroatoms. The fourth-order valence-corrected chi connectivity index (χ4v) is 3.72. The molecular weight excluding hydrogens is 248 g/mol. The average molecular weight is 262 g/mol. The Bertz CT molecular complexity index is 496. The lowest BCUT2D eigenvalue weighted by Crippen LogP contribution is -2.44. The molecule has 4 nitrogen and oxygen atoms in total. The Labute approximate surface area is 110 Å². The number of carbonyl (C=O) groups excluding carboxylic acids is 1. The highest BCUT2D eigenvalue weighted by atomic mass is 32.1. The first-order chi connectivity index (χ1) is 8.78. The van der Waals surface area contributed by atoms with Gasteiger partial charge in [-0.15, -0.1) is 11.3 Å². The fourth-order valence-electron chi connectivity index (χ4n) is 2.50. The molecule has 94 valence electrons. The van der Waals surface area contributed by atoms with E-state index in [1.54, 1.807) is 16.2 Å². The first-order valence-corrected chi connectivity index (χ1v) is 7.01. The lowest BCUT2D eigenvalue weighted by molar-refractivity contribution is 0.00369. The van der Waals surface area contributed by atoms with Crippen LogP contribution in [0.3, 0.4) is 0 Å². The number of rotatable bonds is 1. The molecular formula is C13H14N2O2S. The van der Waals surface area contributed by atoms with Crippen LogP contribution in [0.4, 0.5) is 0 Å². The van der Waals surface area contributed by atoms with E-state index in [-0.39, 0.29) is 5.91 Å². The van der Waals surface area contributed by atoms with E-state index >= 15 is 0 Å². The Morgan fingerprint density at radius 1 is 1.56 bits per heavy atom. The van der Waals surface area contributed by atoms with Crippen LogP contribution in [-0.4, -0.2) is 36.6 Å². The number of aryl methyl sites for hydroxylation is 2. The van der Waals surface area contributed by atoms with Crippen LogP contribution >= 0.6 is 11.3 Å². The Morgan fingerprint density at radius 2 is 2.44 bits per heavy atom. The van der Waals surface area contributed by atoms with Crippen LogP contribution < -0.4 is 0 Å². The molecule has 0 spiro atoms. The Morgan fingerprint density at radius 3 is 3.22 bits per heavy atom. The van der Waals surface area contributed by atoms with E-state index in [1.807, 2.05) is 6.07 Å². The monoisotopic (exact) mass is 262 g/mol. The van der Waals surface area contributed by atoms with Gasteiger partial charge in [0.1, 0.15) is 0 Å². The van der Waals surface area contributed by atoms with Crippen molar-refractivity contribution in [2.24, 2.45) is 0 Å². The molecule has 0 N–H and O–H groups in total. The maximum atomic E-state index is 12.3. The van der Waals surface area contributed by atoms with Gasteiger partial charge in [0.05, 0.1) is 24.1 Å². The number of carbonyl (C=O) groups is 1. The van der Waals surface area contributed by atoms with E-state index in [2.05, 4.69) is 6.07 Å². The molecule has 1 unspecified atom stereocenters. The second kappa shape index (κ2) is 4.71. The number of fused-ring (bicyclic) bond motifs is 1. The van der Waals surface area contributed by atoms with Crippen LogP contribution in [0.5, 0.6) is 0 Å². The van der Waals surface area contributed by atoms with Crippen molar-refractivity contribution in [3.63, 3.8) is 0 Å². The average Bonchev–Trinajstić information content (AvgIpc) is 2.98. The zero-order valence-corrected chi connectivity index (χ0v) is 10.8. The summed E-state index contributed by atoms with van der Waals surface area (Å²) in [6.07, 6.45) is 2.94. The minimum Gasteiger partial charge on any atom is -0.360 e. The summed E-state index contributed by atoms with van der Waals surface area (Å²) in [5, 5.41) is 8.85. The molecule has 1 aliphatic carbocycles. The second-order valence-corrected chi connectivity index (χ2v) is 5.79. The minimum absolute atomic E-state index is 0.0537. The first kappa shape index (κ1) is 11.7. The van der Waals surface area contributed by atoms with Crippen molar-refractivity contribution in [3.05, 3.63) is 21.4 Å². The van der Waals surface area contributed by atoms with Crippen molar-refractivity contribution in [3.8, 4) is 6.07 Å². The molecule has 0 saturated carbocycles. The van der Waals surface area contributed by atoms with Crippen molar-refractivity contribution in [2.45, 2.75) is 25.4 Å². The summed E-state index contributed by atoms with van der Waals surface area (Å²) in [5.74, 6) is 0.0537. The highest BCUT2D eigenvalue weighted by molar-refractivity contribution is 7.14. The topological polar surface area (TPSA) is 53.3 Å². The maximum Gasteiger partial charge on any atom is 0.264 e. The minimum atomic E-state index is -0.477. The predicted molar refractivity (Wildman–Crippen MR) is 67.6 cm³/mol. The SMILES string of the molecule is N#CC1CN(C(=O)c2cc3c(s2)CCC3)CCO1. The lowest BCUT2D eigenvalue weighted by atomic mass is 10.2. The van der Waals surface area contributed by atoms with E-state index in [0.717, 1.165) is 17.7 Å². The van der Waals surface area contributed by atoms with Gasteiger partial charge in [-0.1, -0.05) is 0 Å². The number of thiophene rings is 1. The van der Waals surface area contributed by atoms with Crippen molar-refractivity contribution in [1.29, 1.82) is 5.26 Å². The quantitative estimate of drug-likeness (QED) is 0.772. The van der Waals surface area contributed by atoms with Crippen molar-refractivity contribution in [2.75, 3.05) is 19.7 Å². The van der Waals surface area contributed by atoms with E-state index in [1.165, 1.54) is 16.9 Å². The molecule has 0 aromatic carbocycles. The molecule has 1 aliphatic heterocycles. The third-order valence-electron chi connectivity index (χ3n) is 3.46. The number of hydrogen-bond acceptors (Lipinski definition) is 4. The molecule has 2 aliphatic rings. The van der Waals surface area contributed by atoms with Gasteiger partial charge in [-0.25, -0.2) is 0 Å². The molecule has 0 radical (unpaired) electrons. The van der Waals surface area contributed by atoms with E-state index in [0.29, 0.717) is 19.7 Å². The summed E-state index contributed by atoms with van der Waals surface area (Å²) in [4.78, 5) is 16.3. The summed E-state index contributed by atoms with van der Waals surface area (Å²) in [6, 6.07) is 4.10. The lowest BCUT2D eigenvalue weighted by Gasteiger charge is -2.29. The number of ether oxygens (including phenoxy) is 1. The normalized spacial score (nSPS) is 22.6. The van der Waals surface area contributed by atoms with Gasteiger partial charge >= 0.3 is 0 Å². The molecule has 1 atom stereocenters. The third kappa shape index (κ3) is 2.02. The summed E-state index contributed by atoms with van der Waals surface area (Å²) in [7, 11) is 0. The molecule has 1 aromatic rings. The highest BCUT2D eigenvalue weighted by Crippen LogP contribution is 2.31. The van der Waals surface area contributed by atoms with Crippen LogP contribution in [0.2, 0.25) is 0 Å². The molecule has 0 bridgehead atoms. The summed E-state index contributed by atoms with van der Waals surface area (Å²) >= 11 is 1.62. The zero-order chi connectivity index (χ0) is 12.5. The van der Waals surface area contributed by atoms with Crippen LogP contribution in [-0.2, 0) is 17.6 Å². The zero-order valence-electron chi connectivity index (χ0n) is 10.0. The number of hydrogen-bond donors (Lipinski definition) is 0. The molecule has 1 aromatic heterocycles. The van der Waals surface area contributed by atoms with Crippen LogP contribution in [0.25, 0.3) is 0 Å². The van der Waals surface area contributed by atoms with Crippen LogP contribution in [0.15, 0.2) is 6.07 Å². The summed E-state index contributed by atoms with van der Waals surface area (Å²) in [5.41, 5.74) is 1.34. The van der Waals surface area contributed by atoms with Gasteiger partial charge < -0.3 is 9.64 Å². The van der Waals surface area contributed by atoms with E-state index in [9.17, 15) is 4.79 Å². The molecule has 1 fully saturated rings. The van der Waals surface area contributed by atoms with Gasteiger partial charge in [-0.3, -0.25) is 4.79 Å².